The monoisotopic (exact) mass is 324 g/mol. The van der Waals surface area contributed by atoms with Crippen LogP contribution in [0.3, 0.4) is 0 Å². The molecule has 1 amide bonds. The molecule has 0 spiro atoms. The molecule has 1 N–H and O–H groups in total. The summed E-state index contributed by atoms with van der Waals surface area (Å²) in [6.45, 7) is 5.08. The maximum atomic E-state index is 12.4. The summed E-state index contributed by atoms with van der Waals surface area (Å²) in [4.78, 5) is 20.9. The molecule has 0 radical (unpaired) electrons. The number of hydrogen-bond acceptors (Lipinski definition) is 4. The molecule has 2 aromatic heterocycles. The highest BCUT2D eigenvalue weighted by Crippen LogP contribution is 2.13. The Balaban J connectivity index is 1.66. The molecule has 3 aromatic rings. The first-order valence-corrected chi connectivity index (χ1v) is 7.97. The number of benzene rings is 1. The fourth-order valence-corrected chi connectivity index (χ4v) is 2.39. The first-order chi connectivity index (χ1) is 11.7. The Morgan fingerprint density at radius 3 is 2.83 bits per heavy atom. The molecule has 0 saturated carbocycles. The van der Waals surface area contributed by atoms with Gasteiger partial charge in [-0.25, -0.2) is 9.97 Å². The molecule has 0 aliphatic carbocycles. The highest BCUT2D eigenvalue weighted by Gasteiger charge is 2.13. The SMILES string of the molecule is CCCOc1ccc(CNC(=O)c2nccn3cc(C)nc23)cc1. The smallest absolute Gasteiger partial charge is 0.274 e. The summed E-state index contributed by atoms with van der Waals surface area (Å²) in [7, 11) is 0. The Bertz CT molecular complexity index is 840. The van der Waals surface area contributed by atoms with Crippen molar-refractivity contribution in [2.45, 2.75) is 26.8 Å². The predicted octanol–water partition coefficient (Wildman–Crippen LogP) is 2.76. The zero-order chi connectivity index (χ0) is 16.9. The van der Waals surface area contributed by atoms with E-state index in [1.807, 2.05) is 37.4 Å². The van der Waals surface area contributed by atoms with Crippen LogP contribution in [0.1, 0.15) is 35.1 Å². The summed E-state index contributed by atoms with van der Waals surface area (Å²) < 4.78 is 7.35. The first-order valence-electron chi connectivity index (χ1n) is 7.97. The Kier molecular flexibility index (Phi) is 4.74. The number of aromatic nitrogens is 3. The summed E-state index contributed by atoms with van der Waals surface area (Å²) in [5.74, 6) is 0.601. The van der Waals surface area contributed by atoms with Crippen molar-refractivity contribution in [2.24, 2.45) is 0 Å². The lowest BCUT2D eigenvalue weighted by Crippen LogP contribution is -2.24. The minimum atomic E-state index is -0.238. The minimum Gasteiger partial charge on any atom is -0.494 e. The van der Waals surface area contributed by atoms with Crippen LogP contribution in [0.25, 0.3) is 5.65 Å². The fraction of sp³-hybridized carbons (Fsp3) is 0.278. The van der Waals surface area contributed by atoms with Gasteiger partial charge >= 0.3 is 0 Å². The second-order valence-corrected chi connectivity index (χ2v) is 5.56. The van der Waals surface area contributed by atoms with Gasteiger partial charge in [-0.15, -0.1) is 0 Å². The van der Waals surface area contributed by atoms with Gasteiger partial charge in [0.15, 0.2) is 11.3 Å². The highest BCUT2D eigenvalue weighted by molar-refractivity contribution is 5.97. The van der Waals surface area contributed by atoms with E-state index in [-0.39, 0.29) is 5.91 Å². The normalized spacial score (nSPS) is 10.8. The van der Waals surface area contributed by atoms with E-state index in [1.54, 1.807) is 16.8 Å². The third-order valence-electron chi connectivity index (χ3n) is 3.56. The minimum absolute atomic E-state index is 0.238. The second kappa shape index (κ2) is 7.12. The molecule has 6 heteroatoms. The van der Waals surface area contributed by atoms with Gasteiger partial charge in [0.2, 0.25) is 0 Å². The number of rotatable bonds is 6. The van der Waals surface area contributed by atoms with E-state index in [0.717, 1.165) is 23.4 Å². The van der Waals surface area contributed by atoms with Gasteiger partial charge in [0.1, 0.15) is 5.75 Å². The fourth-order valence-electron chi connectivity index (χ4n) is 2.39. The van der Waals surface area contributed by atoms with Crippen molar-refractivity contribution >= 4 is 11.6 Å². The number of carbonyl (C=O) groups is 1. The van der Waals surface area contributed by atoms with Gasteiger partial charge in [-0.2, -0.15) is 0 Å². The van der Waals surface area contributed by atoms with Crippen LogP contribution in [0.4, 0.5) is 0 Å². The largest absolute Gasteiger partial charge is 0.494 e. The molecular formula is C18H20N4O2. The van der Waals surface area contributed by atoms with Crippen LogP contribution in [0, 0.1) is 6.92 Å². The molecule has 1 aromatic carbocycles. The molecule has 0 aliphatic rings. The third kappa shape index (κ3) is 3.53. The predicted molar refractivity (Wildman–Crippen MR) is 91.1 cm³/mol. The van der Waals surface area contributed by atoms with Crippen molar-refractivity contribution in [3.05, 3.63) is 59.8 Å². The van der Waals surface area contributed by atoms with Crippen molar-refractivity contribution < 1.29 is 9.53 Å². The zero-order valence-electron chi connectivity index (χ0n) is 13.8. The Morgan fingerprint density at radius 1 is 1.29 bits per heavy atom. The molecule has 124 valence electrons. The summed E-state index contributed by atoms with van der Waals surface area (Å²) in [6.07, 6.45) is 6.22. The molecule has 0 aliphatic heterocycles. The van der Waals surface area contributed by atoms with Gasteiger partial charge in [-0.3, -0.25) is 4.79 Å². The van der Waals surface area contributed by atoms with Gasteiger partial charge in [-0.05, 0) is 31.0 Å². The van der Waals surface area contributed by atoms with Crippen LogP contribution in [-0.4, -0.2) is 26.9 Å². The van der Waals surface area contributed by atoms with Crippen molar-refractivity contribution in [3.63, 3.8) is 0 Å². The molecule has 2 heterocycles. The second-order valence-electron chi connectivity index (χ2n) is 5.56. The highest BCUT2D eigenvalue weighted by atomic mass is 16.5. The third-order valence-corrected chi connectivity index (χ3v) is 3.56. The lowest BCUT2D eigenvalue weighted by molar-refractivity contribution is 0.0947. The van der Waals surface area contributed by atoms with E-state index < -0.39 is 0 Å². The van der Waals surface area contributed by atoms with Crippen molar-refractivity contribution in [3.8, 4) is 5.75 Å². The molecule has 0 bridgehead atoms. The Labute approximate surface area is 140 Å². The first kappa shape index (κ1) is 16.0. The van der Waals surface area contributed by atoms with Crippen LogP contribution < -0.4 is 10.1 Å². The topological polar surface area (TPSA) is 68.5 Å². The Morgan fingerprint density at radius 2 is 2.08 bits per heavy atom. The lowest BCUT2D eigenvalue weighted by atomic mass is 10.2. The van der Waals surface area contributed by atoms with E-state index in [9.17, 15) is 4.79 Å². The van der Waals surface area contributed by atoms with E-state index in [1.165, 1.54) is 0 Å². The van der Waals surface area contributed by atoms with Gasteiger partial charge in [0, 0.05) is 25.1 Å². The van der Waals surface area contributed by atoms with E-state index in [4.69, 9.17) is 4.74 Å². The summed E-state index contributed by atoms with van der Waals surface area (Å²) in [6, 6.07) is 7.71. The van der Waals surface area contributed by atoms with Gasteiger partial charge in [0.05, 0.1) is 12.3 Å². The van der Waals surface area contributed by atoms with E-state index in [2.05, 4.69) is 22.2 Å². The number of carbonyl (C=O) groups excluding carboxylic acids is 1. The number of nitrogens with zero attached hydrogens (tertiary/aromatic N) is 3. The van der Waals surface area contributed by atoms with Crippen LogP contribution in [-0.2, 0) is 6.54 Å². The van der Waals surface area contributed by atoms with Crippen molar-refractivity contribution in [1.29, 1.82) is 0 Å². The number of fused-ring (bicyclic) bond motifs is 1. The number of hydrogen-bond donors (Lipinski definition) is 1. The van der Waals surface area contributed by atoms with Crippen LogP contribution in [0.2, 0.25) is 0 Å². The Hall–Kier alpha value is -2.89. The summed E-state index contributed by atoms with van der Waals surface area (Å²) >= 11 is 0. The summed E-state index contributed by atoms with van der Waals surface area (Å²) in [5, 5.41) is 2.88. The van der Waals surface area contributed by atoms with Crippen molar-refractivity contribution in [2.75, 3.05) is 6.61 Å². The van der Waals surface area contributed by atoms with Gasteiger partial charge in [0.25, 0.3) is 5.91 Å². The quantitative estimate of drug-likeness (QED) is 0.757. The number of imidazole rings is 1. The van der Waals surface area contributed by atoms with Gasteiger partial charge in [-0.1, -0.05) is 19.1 Å². The van der Waals surface area contributed by atoms with Gasteiger partial charge < -0.3 is 14.5 Å². The molecule has 6 nitrogen and oxygen atoms in total. The molecule has 0 fully saturated rings. The average molecular weight is 324 g/mol. The summed E-state index contributed by atoms with van der Waals surface area (Å²) in [5.41, 5.74) is 2.74. The van der Waals surface area contributed by atoms with Crippen LogP contribution in [0.15, 0.2) is 42.9 Å². The average Bonchev–Trinajstić information content (AvgIpc) is 2.98. The molecule has 0 atom stereocenters. The zero-order valence-corrected chi connectivity index (χ0v) is 13.8. The molecule has 24 heavy (non-hydrogen) atoms. The van der Waals surface area contributed by atoms with Crippen LogP contribution in [0.5, 0.6) is 5.75 Å². The van der Waals surface area contributed by atoms with Crippen LogP contribution >= 0.6 is 0 Å². The molecular weight excluding hydrogens is 304 g/mol. The molecule has 0 saturated heterocycles. The van der Waals surface area contributed by atoms with Crippen molar-refractivity contribution in [1.82, 2.24) is 19.7 Å². The lowest BCUT2D eigenvalue weighted by Gasteiger charge is -2.08. The number of amides is 1. The number of nitrogens with one attached hydrogen (secondary N) is 1. The number of aryl methyl sites for hydroxylation is 1. The maximum absolute atomic E-state index is 12.4. The van der Waals surface area contributed by atoms with E-state index >= 15 is 0 Å². The maximum Gasteiger partial charge on any atom is 0.274 e. The van der Waals surface area contributed by atoms with E-state index in [0.29, 0.717) is 24.5 Å². The molecule has 0 unspecified atom stereocenters. The molecule has 3 rings (SSSR count). The number of ether oxygens (including phenoxy) is 1. The standard InChI is InChI=1S/C18H20N4O2/c1-3-10-24-15-6-4-14(5-7-15)11-20-18(23)16-17-21-13(2)12-22(17)9-8-19-16/h4-9,12H,3,10-11H2,1-2H3,(H,20,23).